The summed E-state index contributed by atoms with van der Waals surface area (Å²) >= 11 is 1.68. The maximum Gasteiger partial charge on any atom is 0.241 e. The summed E-state index contributed by atoms with van der Waals surface area (Å²) in [6, 6.07) is 8.88. The Bertz CT molecular complexity index is 556. The number of hydrogen-bond acceptors (Lipinski definition) is 4. The maximum atomic E-state index is 11.9. The lowest BCUT2D eigenvalue weighted by molar-refractivity contribution is -0.117. The molecule has 0 radical (unpaired) electrons. The zero-order chi connectivity index (χ0) is 14.4. The predicted molar refractivity (Wildman–Crippen MR) is 83.2 cm³/mol. The molecule has 0 unspecified atom stereocenters. The standard InChI is InChI=1S/C14H18N4OS/c1-20-9-6-13(15)14(19)17-11-4-2-5-12(10-11)18-8-3-7-16-18/h2-5,7-8,10,13H,6,9,15H2,1H3,(H,17,19)/t13-/m1/s1. The molecule has 3 N–H and O–H groups in total. The number of nitrogens with two attached hydrogens (primary N) is 1. The Morgan fingerprint density at radius 2 is 2.35 bits per heavy atom. The number of benzene rings is 1. The van der Waals surface area contributed by atoms with Gasteiger partial charge in [0.05, 0.1) is 11.7 Å². The second-order valence-corrected chi connectivity index (χ2v) is 5.36. The second-order valence-electron chi connectivity index (χ2n) is 4.38. The Morgan fingerprint density at radius 3 is 3.05 bits per heavy atom. The molecule has 5 nitrogen and oxygen atoms in total. The van der Waals surface area contributed by atoms with E-state index in [1.54, 1.807) is 22.6 Å². The van der Waals surface area contributed by atoms with Crippen molar-refractivity contribution >= 4 is 23.4 Å². The lowest BCUT2D eigenvalue weighted by Crippen LogP contribution is -2.36. The van der Waals surface area contributed by atoms with Crippen LogP contribution in [-0.2, 0) is 4.79 Å². The number of hydrogen-bond donors (Lipinski definition) is 2. The summed E-state index contributed by atoms with van der Waals surface area (Å²) < 4.78 is 1.74. The van der Waals surface area contributed by atoms with E-state index in [9.17, 15) is 4.79 Å². The Balaban J connectivity index is 2.03. The van der Waals surface area contributed by atoms with Crippen LogP contribution in [0, 0.1) is 0 Å². The number of amides is 1. The van der Waals surface area contributed by atoms with Crippen molar-refractivity contribution in [2.75, 3.05) is 17.3 Å². The molecule has 0 aliphatic rings. The third-order valence-electron chi connectivity index (χ3n) is 2.85. The molecular formula is C14H18N4OS. The molecule has 0 aliphatic carbocycles. The van der Waals surface area contributed by atoms with Crippen LogP contribution in [0.4, 0.5) is 5.69 Å². The smallest absolute Gasteiger partial charge is 0.241 e. The summed E-state index contributed by atoms with van der Waals surface area (Å²) in [6.07, 6.45) is 6.23. The number of anilines is 1. The Hall–Kier alpha value is -1.79. The maximum absolute atomic E-state index is 11.9. The van der Waals surface area contributed by atoms with Crippen molar-refractivity contribution in [3.63, 3.8) is 0 Å². The van der Waals surface area contributed by atoms with Crippen LogP contribution in [0.25, 0.3) is 5.69 Å². The van der Waals surface area contributed by atoms with Gasteiger partial charge < -0.3 is 11.1 Å². The molecule has 1 amide bonds. The molecule has 0 spiro atoms. The molecule has 0 bridgehead atoms. The van der Waals surface area contributed by atoms with Gasteiger partial charge in [0.2, 0.25) is 5.91 Å². The van der Waals surface area contributed by atoms with Crippen molar-refractivity contribution in [3.8, 4) is 5.69 Å². The van der Waals surface area contributed by atoms with Gasteiger partial charge in [-0.3, -0.25) is 4.79 Å². The van der Waals surface area contributed by atoms with Crippen LogP contribution in [-0.4, -0.2) is 33.7 Å². The van der Waals surface area contributed by atoms with E-state index in [-0.39, 0.29) is 5.91 Å². The molecular weight excluding hydrogens is 272 g/mol. The van der Waals surface area contributed by atoms with E-state index in [4.69, 9.17) is 5.73 Å². The highest BCUT2D eigenvalue weighted by Crippen LogP contribution is 2.14. The highest BCUT2D eigenvalue weighted by atomic mass is 32.2. The van der Waals surface area contributed by atoms with Crippen molar-refractivity contribution in [2.24, 2.45) is 5.73 Å². The van der Waals surface area contributed by atoms with Crippen LogP contribution in [0.15, 0.2) is 42.7 Å². The van der Waals surface area contributed by atoms with E-state index < -0.39 is 6.04 Å². The molecule has 6 heteroatoms. The number of carbonyl (C=O) groups is 1. The Kier molecular flexibility index (Phi) is 5.20. The zero-order valence-corrected chi connectivity index (χ0v) is 12.1. The molecule has 1 heterocycles. The highest BCUT2D eigenvalue weighted by molar-refractivity contribution is 7.98. The van der Waals surface area contributed by atoms with Gasteiger partial charge in [0, 0.05) is 18.1 Å². The molecule has 1 aromatic heterocycles. The fraction of sp³-hybridized carbons (Fsp3) is 0.286. The van der Waals surface area contributed by atoms with E-state index in [0.717, 1.165) is 17.1 Å². The van der Waals surface area contributed by atoms with E-state index in [1.165, 1.54) is 0 Å². The monoisotopic (exact) mass is 290 g/mol. The number of aromatic nitrogens is 2. The molecule has 0 saturated heterocycles. The van der Waals surface area contributed by atoms with Crippen LogP contribution in [0.2, 0.25) is 0 Å². The molecule has 2 aromatic rings. The van der Waals surface area contributed by atoms with Gasteiger partial charge in [-0.2, -0.15) is 16.9 Å². The quantitative estimate of drug-likeness (QED) is 0.852. The second kappa shape index (κ2) is 7.12. The number of nitrogens with zero attached hydrogens (tertiary/aromatic N) is 2. The lowest BCUT2D eigenvalue weighted by atomic mass is 10.2. The summed E-state index contributed by atoms with van der Waals surface area (Å²) in [6.45, 7) is 0. The van der Waals surface area contributed by atoms with E-state index in [0.29, 0.717) is 6.42 Å². The summed E-state index contributed by atoms with van der Waals surface area (Å²) in [5, 5.41) is 7.00. The van der Waals surface area contributed by atoms with Gasteiger partial charge in [0.15, 0.2) is 0 Å². The van der Waals surface area contributed by atoms with Crippen LogP contribution in [0.1, 0.15) is 6.42 Å². The molecule has 2 rings (SSSR count). The minimum absolute atomic E-state index is 0.156. The van der Waals surface area contributed by atoms with Crippen molar-refractivity contribution in [1.82, 2.24) is 9.78 Å². The molecule has 1 atom stereocenters. The van der Waals surface area contributed by atoms with Crippen molar-refractivity contribution in [3.05, 3.63) is 42.7 Å². The van der Waals surface area contributed by atoms with Gasteiger partial charge in [-0.15, -0.1) is 0 Å². The SMILES string of the molecule is CSCC[C@@H](N)C(=O)Nc1cccc(-n2cccn2)c1. The average Bonchev–Trinajstić information content (AvgIpc) is 2.99. The molecule has 0 saturated carbocycles. The van der Waals surface area contributed by atoms with Crippen LogP contribution in [0.3, 0.4) is 0 Å². The molecule has 1 aromatic carbocycles. The van der Waals surface area contributed by atoms with E-state index >= 15 is 0 Å². The summed E-state index contributed by atoms with van der Waals surface area (Å²) in [4.78, 5) is 11.9. The third-order valence-corrected chi connectivity index (χ3v) is 3.50. The first-order valence-corrected chi connectivity index (χ1v) is 7.75. The first-order chi connectivity index (χ1) is 9.70. The van der Waals surface area contributed by atoms with Crippen molar-refractivity contribution in [1.29, 1.82) is 0 Å². The van der Waals surface area contributed by atoms with Crippen LogP contribution in [0.5, 0.6) is 0 Å². The number of nitrogens with one attached hydrogen (secondary N) is 1. The molecule has 0 aliphatic heterocycles. The highest BCUT2D eigenvalue weighted by Gasteiger charge is 2.13. The Labute approximate surface area is 122 Å². The largest absolute Gasteiger partial charge is 0.325 e. The van der Waals surface area contributed by atoms with Gasteiger partial charge in [0.25, 0.3) is 0 Å². The predicted octanol–water partition coefficient (Wildman–Crippen LogP) is 1.89. The average molecular weight is 290 g/mol. The number of rotatable bonds is 6. The van der Waals surface area contributed by atoms with Crippen LogP contribution < -0.4 is 11.1 Å². The summed E-state index contributed by atoms with van der Waals surface area (Å²) in [7, 11) is 0. The summed E-state index contributed by atoms with van der Waals surface area (Å²) in [5.74, 6) is 0.721. The first kappa shape index (κ1) is 14.6. The number of carbonyl (C=O) groups excluding carboxylic acids is 1. The van der Waals surface area contributed by atoms with Crippen LogP contribution >= 0.6 is 11.8 Å². The fourth-order valence-electron chi connectivity index (χ4n) is 1.76. The summed E-state index contributed by atoms with van der Waals surface area (Å²) in [5.41, 5.74) is 7.46. The van der Waals surface area contributed by atoms with Gasteiger partial charge in [0.1, 0.15) is 0 Å². The minimum Gasteiger partial charge on any atom is -0.325 e. The van der Waals surface area contributed by atoms with Gasteiger partial charge in [-0.05, 0) is 42.7 Å². The zero-order valence-electron chi connectivity index (χ0n) is 11.3. The molecule has 0 fully saturated rings. The van der Waals surface area contributed by atoms with Crippen molar-refractivity contribution in [2.45, 2.75) is 12.5 Å². The molecule has 106 valence electrons. The van der Waals surface area contributed by atoms with Crippen molar-refractivity contribution < 1.29 is 4.79 Å². The topological polar surface area (TPSA) is 72.9 Å². The minimum atomic E-state index is -0.476. The van der Waals surface area contributed by atoms with Gasteiger partial charge in [-0.25, -0.2) is 4.68 Å². The molecule has 20 heavy (non-hydrogen) atoms. The first-order valence-electron chi connectivity index (χ1n) is 6.36. The lowest BCUT2D eigenvalue weighted by Gasteiger charge is -2.12. The Morgan fingerprint density at radius 1 is 1.50 bits per heavy atom. The third kappa shape index (κ3) is 3.85. The van der Waals surface area contributed by atoms with E-state index in [2.05, 4.69) is 10.4 Å². The fourth-order valence-corrected chi connectivity index (χ4v) is 2.25. The van der Waals surface area contributed by atoms with E-state index in [1.807, 2.05) is 42.8 Å². The van der Waals surface area contributed by atoms with Gasteiger partial charge >= 0.3 is 0 Å². The number of thioether (sulfide) groups is 1. The normalized spacial score (nSPS) is 12.1. The van der Waals surface area contributed by atoms with Gasteiger partial charge in [-0.1, -0.05) is 6.07 Å².